The monoisotopic (exact) mass is 293 g/mol. The fourth-order valence-electron chi connectivity index (χ4n) is 2.48. The van der Waals surface area contributed by atoms with Crippen molar-refractivity contribution in [3.05, 3.63) is 23.6 Å². The van der Waals surface area contributed by atoms with Crippen LogP contribution in [0.4, 0.5) is 10.2 Å². The zero-order valence-corrected chi connectivity index (χ0v) is 13.7. The normalized spacial score (nSPS) is 15.0. The van der Waals surface area contributed by atoms with Crippen LogP contribution in [0.2, 0.25) is 0 Å². The summed E-state index contributed by atoms with van der Waals surface area (Å²) in [6, 6.07) is 2.00. The van der Waals surface area contributed by atoms with Crippen molar-refractivity contribution in [3.63, 3.8) is 0 Å². The summed E-state index contributed by atoms with van der Waals surface area (Å²) < 4.78 is 13.6. The van der Waals surface area contributed by atoms with Gasteiger partial charge in [0.05, 0.1) is 6.20 Å². The van der Waals surface area contributed by atoms with Crippen molar-refractivity contribution in [2.75, 3.05) is 18.0 Å². The lowest BCUT2D eigenvalue weighted by atomic mass is 10.1. The van der Waals surface area contributed by atoms with Crippen LogP contribution in [0.5, 0.6) is 0 Å². The molecule has 0 radical (unpaired) electrons. The van der Waals surface area contributed by atoms with Gasteiger partial charge in [0.25, 0.3) is 0 Å². The molecule has 0 unspecified atom stereocenters. The molecule has 118 valence electrons. The first-order valence-electron chi connectivity index (χ1n) is 8.09. The molecule has 0 saturated heterocycles. The Morgan fingerprint density at radius 3 is 2.62 bits per heavy atom. The summed E-state index contributed by atoms with van der Waals surface area (Å²) in [4.78, 5) is 6.71. The standard InChI is InChI=1S/C17H28FN3/c1-12(2)8-19-9-15-7-16(18)10-20-17(15)21(13(3)4)11-14-5-6-14/h7,10,12-14,19H,5-6,8-9,11H2,1-4H3. The van der Waals surface area contributed by atoms with Gasteiger partial charge >= 0.3 is 0 Å². The summed E-state index contributed by atoms with van der Waals surface area (Å²) in [5.41, 5.74) is 0.963. The molecule has 1 aromatic rings. The van der Waals surface area contributed by atoms with Crippen LogP contribution >= 0.6 is 0 Å². The quantitative estimate of drug-likeness (QED) is 0.794. The maximum atomic E-state index is 13.6. The van der Waals surface area contributed by atoms with Crippen LogP contribution < -0.4 is 10.2 Å². The minimum Gasteiger partial charge on any atom is -0.354 e. The number of aromatic nitrogens is 1. The van der Waals surface area contributed by atoms with E-state index >= 15 is 0 Å². The minimum atomic E-state index is -0.254. The highest BCUT2D eigenvalue weighted by atomic mass is 19.1. The third-order valence-corrected chi connectivity index (χ3v) is 3.82. The minimum absolute atomic E-state index is 0.254. The van der Waals surface area contributed by atoms with Gasteiger partial charge in [-0.1, -0.05) is 13.8 Å². The summed E-state index contributed by atoms with van der Waals surface area (Å²) in [5, 5.41) is 3.40. The Balaban J connectivity index is 2.14. The Morgan fingerprint density at radius 1 is 1.33 bits per heavy atom. The molecular weight excluding hydrogens is 265 g/mol. The van der Waals surface area contributed by atoms with E-state index < -0.39 is 0 Å². The van der Waals surface area contributed by atoms with Crippen LogP contribution in [-0.2, 0) is 6.54 Å². The van der Waals surface area contributed by atoms with Crippen molar-refractivity contribution in [3.8, 4) is 0 Å². The molecule has 1 saturated carbocycles. The summed E-state index contributed by atoms with van der Waals surface area (Å²) in [6.45, 7) is 11.3. The number of hydrogen-bond donors (Lipinski definition) is 1. The van der Waals surface area contributed by atoms with Crippen molar-refractivity contribution >= 4 is 5.82 Å². The van der Waals surface area contributed by atoms with E-state index in [2.05, 4.69) is 42.9 Å². The van der Waals surface area contributed by atoms with Gasteiger partial charge in [0, 0.05) is 24.7 Å². The SMILES string of the molecule is CC(C)CNCc1cc(F)cnc1N(CC1CC1)C(C)C. The zero-order valence-electron chi connectivity index (χ0n) is 13.7. The van der Waals surface area contributed by atoms with E-state index in [-0.39, 0.29) is 5.82 Å². The van der Waals surface area contributed by atoms with Gasteiger partial charge in [0.2, 0.25) is 0 Å². The Bertz CT molecular complexity index is 455. The maximum Gasteiger partial charge on any atom is 0.141 e. The molecule has 0 aliphatic heterocycles. The first-order valence-corrected chi connectivity index (χ1v) is 8.09. The van der Waals surface area contributed by atoms with Gasteiger partial charge in [-0.25, -0.2) is 9.37 Å². The second-order valence-electron chi connectivity index (χ2n) is 6.85. The molecule has 0 amide bonds. The summed E-state index contributed by atoms with van der Waals surface area (Å²) in [6.07, 6.45) is 3.96. The molecule has 4 heteroatoms. The average Bonchev–Trinajstić information content (AvgIpc) is 3.20. The predicted octanol–water partition coefficient (Wildman–Crippen LogP) is 3.59. The Hall–Kier alpha value is -1.16. The van der Waals surface area contributed by atoms with Crippen LogP contribution in [0, 0.1) is 17.7 Å². The van der Waals surface area contributed by atoms with Gasteiger partial charge in [-0.15, -0.1) is 0 Å². The lowest BCUT2D eigenvalue weighted by molar-refractivity contribution is 0.545. The van der Waals surface area contributed by atoms with E-state index in [1.54, 1.807) is 6.07 Å². The Morgan fingerprint density at radius 2 is 2.05 bits per heavy atom. The molecule has 2 rings (SSSR count). The van der Waals surface area contributed by atoms with E-state index in [0.717, 1.165) is 30.4 Å². The van der Waals surface area contributed by atoms with Crippen molar-refractivity contribution in [1.29, 1.82) is 0 Å². The second kappa shape index (κ2) is 7.21. The molecule has 0 atom stereocenters. The number of rotatable bonds is 8. The van der Waals surface area contributed by atoms with E-state index in [1.807, 2.05) is 0 Å². The van der Waals surface area contributed by atoms with E-state index in [4.69, 9.17) is 0 Å². The first-order chi connectivity index (χ1) is 9.97. The molecule has 1 fully saturated rings. The maximum absolute atomic E-state index is 13.6. The van der Waals surface area contributed by atoms with Gasteiger partial charge in [-0.05, 0) is 51.1 Å². The molecular formula is C17H28FN3. The molecule has 0 aromatic carbocycles. The van der Waals surface area contributed by atoms with E-state index in [9.17, 15) is 4.39 Å². The third-order valence-electron chi connectivity index (χ3n) is 3.82. The van der Waals surface area contributed by atoms with Crippen LogP contribution in [0.25, 0.3) is 0 Å². The predicted molar refractivity (Wildman–Crippen MR) is 85.9 cm³/mol. The van der Waals surface area contributed by atoms with Crippen LogP contribution in [-0.4, -0.2) is 24.1 Å². The topological polar surface area (TPSA) is 28.2 Å². The van der Waals surface area contributed by atoms with Gasteiger partial charge in [0.15, 0.2) is 0 Å². The number of halogens is 1. The summed E-state index contributed by atoms with van der Waals surface area (Å²) in [5.74, 6) is 2.06. The molecule has 3 nitrogen and oxygen atoms in total. The zero-order chi connectivity index (χ0) is 15.4. The summed E-state index contributed by atoms with van der Waals surface area (Å²) in [7, 11) is 0. The number of anilines is 1. The second-order valence-corrected chi connectivity index (χ2v) is 6.85. The fourth-order valence-corrected chi connectivity index (χ4v) is 2.48. The number of pyridine rings is 1. The fraction of sp³-hybridized carbons (Fsp3) is 0.706. The average molecular weight is 293 g/mol. The van der Waals surface area contributed by atoms with Crippen molar-refractivity contribution < 1.29 is 4.39 Å². The smallest absolute Gasteiger partial charge is 0.141 e. The first kappa shape index (κ1) is 16.2. The largest absolute Gasteiger partial charge is 0.354 e. The molecule has 1 N–H and O–H groups in total. The molecule has 21 heavy (non-hydrogen) atoms. The number of nitrogens with one attached hydrogen (secondary N) is 1. The molecule has 1 heterocycles. The summed E-state index contributed by atoms with van der Waals surface area (Å²) >= 11 is 0. The van der Waals surface area contributed by atoms with Gasteiger partial charge in [0.1, 0.15) is 11.6 Å². The third kappa shape index (κ3) is 4.95. The van der Waals surface area contributed by atoms with Crippen LogP contribution in [0.3, 0.4) is 0 Å². The highest BCUT2D eigenvalue weighted by Gasteiger charge is 2.27. The van der Waals surface area contributed by atoms with Gasteiger partial charge in [-0.3, -0.25) is 0 Å². The molecule has 0 bridgehead atoms. The van der Waals surface area contributed by atoms with Gasteiger partial charge in [-0.2, -0.15) is 0 Å². The molecule has 0 spiro atoms. The highest BCUT2D eigenvalue weighted by Crippen LogP contribution is 2.32. The van der Waals surface area contributed by atoms with Crippen molar-refractivity contribution in [2.45, 2.75) is 53.1 Å². The molecule has 1 aromatic heterocycles. The lowest BCUT2D eigenvalue weighted by Gasteiger charge is -2.30. The Kier molecular flexibility index (Phi) is 5.57. The van der Waals surface area contributed by atoms with Crippen LogP contribution in [0.1, 0.15) is 46.1 Å². The molecule has 1 aliphatic rings. The van der Waals surface area contributed by atoms with Crippen molar-refractivity contribution in [1.82, 2.24) is 10.3 Å². The highest BCUT2D eigenvalue weighted by molar-refractivity contribution is 5.48. The van der Waals surface area contributed by atoms with Gasteiger partial charge < -0.3 is 10.2 Å². The van der Waals surface area contributed by atoms with E-state index in [1.165, 1.54) is 19.0 Å². The van der Waals surface area contributed by atoms with Crippen molar-refractivity contribution in [2.24, 2.45) is 11.8 Å². The van der Waals surface area contributed by atoms with E-state index in [0.29, 0.717) is 18.5 Å². The Labute approximate surface area is 127 Å². The molecule has 1 aliphatic carbocycles. The number of hydrogen-bond acceptors (Lipinski definition) is 3. The number of nitrogens with zero attached hydrogens (tertiary/aromatic N) is 2. The van der Waals surface area contributed by atoms with Crippen LogP contribution in [0.15, 0.2) is 12.3 Å². The lowest BCUT2D eigenvalue weighted by Crippen LogP contribution is -2.35.